The van der Waals surface area contributed by atoms with E-state index in [1.165, 1.54) is 0 Å². The molecule has 0 aliphatic rings. The summed E-state index contributed by atoms with van der Waals surface area (Å²) < 4.78 is 11.1. The molecule has 1 aromatic carbocycles. The number of hydrogen-bond acceptors (Lipinski definition) is 3. The minimum Gasteiger partial charge on any atom is -0.384 e. The van der Waals surface area contributed by atoms with Crippen LogP contribution in [0.2, 0.25) is 0 Å². The Kier molecular flexibility index (Phi) is 6.26. The zero-order valence-corrected chi connectivity index (χ0v) is 11.8. The van der Waals surface area contributed by atoms with Gasteiger partial charge in [0.05, 0.1) is 0 Å². The summed E-state index contributed by atoms with van der Waals surface area (Å²) in [6.07, 6.45) is 1.60. The Bertz CT molecular complexity index is 531. The van der Waals surface area contributed by atoms with Crippen LogP contribution in [-0.4, -0.2) is 39.9 Å². The first-order valence-corrected chi connectivity index (χ1v) is 7.56. The molecule has 0 saturated heterocycles. The normalized spacial score (nSPS) is 13.0. The molecule has 0 aromatic heterocycles. The summed E-state index contributed by atoms with van der Waals surface area (Å²) in [5.41, 5.74) is 1.17. The van der Waals surface area contributed by atoms with E-state index in [-0.39, 0.29) is 18.6 Å². The Morgan fingerprint density at radius 3 is 2.89 bits per heavy atom. The van der Waals surface area contributed by atoms with Crippen LogP contribution in [0.15, 0.2) is 24.3 Å². The summed E-state index contributed by atoms with van der Waals surface area (Å²) in [6.45, 7) is 1.60. The van der Waals surface area contributed by atoms with Crippen LogP contribution >= 0.6 is 0 Å². The van der Waals surface area contributed by atoms with Gasteiger partial charge in [0.15, 0.2) is 0 Å². The number of hydrogen-bond donors (Lipinski definition) is 2. The largest absolute Gasteiger partial charge is 0.384 e. The zero-order valence-electron chi connectivity index (χ0n) is 11.0. The highest BCUT2D eigenvalue weighted by atomic mass is 32.2. The summed E-state index contributed by atoms with van der Waals surface area (Å²) >= 11 is 0. The second kappa shape index (κ2) is 7.72. The number of amides is 1. The minimum absolute atomic E-state index is 0.148. The predicted octanol–water partition coefficient (Wildman–Crippen LogP) is 0.527. The average Bonchev–Trinajstić information content (AvgIpc) is 2.35. The predicted molar refractivity (Wildman–Crippen MR) is 76.3 cm³/mol. The van der Waals surface area contributed by atoms with Gasteiger partial charge in [-0.1, -0.05) is 17.9 Å². The minimum atomic E-state index is -0.942. The molecular weight excluding hydrogens is 262 g/mol. The van der Waals surface area contributed by atoms with E-state index >= 15 is 0 Å². The Balaban J connectivity index is 2.74. The molecule has 19 heavy (non-hydrogen) atoms. The molecule has 2 unspecified atom stereocenters. The van der Waals surface area contributed by atoms with Crippen LogP contribution in [-0.2, 0) is 10.8 Å². The lowest BCUT2D eigenvalue weighted by Gasteiger charge is -2.12. The maximum atomic E-state index is 12.0. The van der Waals surface area contributed by atoms with Gasteiger partial charge in [-0.25, -0.2) is 0 Å². The SMILES string of the molecule is CC(CS(C)=O)NC(=O)c1cccc(C#CCO)c1. The molecule has 1 rings (SSSR count). The molecule has 0 spiro atoms. The van der Waals surface area contributed by atoms with Crippen molar-refractivity contribution in [2.75, 3.05) is 18.6 Å². The van der Waals surface area contributed by atoms with Gasteiger partial charge in [-0.2, -0.15) is 0 Å². The van der Waals surface area contributed by atoms with Gasteiger partial charge < -0.3 is 10.4 Å². The number of benzene rings is 1. The van der Waals surface area contributed by atoms with E-state index < -0.39 is 10.8 Å². The van der Waals surface area contributed by atoms with Crippen molar-refractivity contribution >= 4 is 16.7 Å². The first-order valence-electron chi connectivity index (χ1n) is 5.83. The van der Waals surface area contributed by atoms with Gasteiger partial charge in [-0.05, 0) is 25.1 Å². The van der Waals surface area contributed by atoms with Crippen molar-refractivity contribution in [3.05, 3.63) is 35.4 Å². The fourth-order valence-corrected chi connectivity index (χ4v) is 2.37. The average molecular weight is 279 g/mol. The molecule has 2 atom stereocenters. The van der Waals surface area contributed by atoms with Gasteiger partial charge in [0.25, 0.3) is 5.91 Å². The molecule has 102 valence electrons. The summed E-state index contributed by atoms with van der Waals surface area (Å²) in [5.74, 6) is 5.49. The number of carbonyl (C=O) groups is 1. The highest BCUT2D eigenvalue weighted by Crippen LogP contribution is 2.04. The molecule has 4 nitrogen and oxygen atoms in total. The van der Waals surface area contributed by atoms with Crippen molar-refractivity contribution < 1.29 is 14.1 Å². The third-order valence-electron chi connectivity index (χ3n) is 2.30. The van der Waals surface area contributed by atoms with Gasteiger partial charge in [-0.15, -0.1) is 0 Å². The van der Waals surface area contributed by atoms with Crippen LogP contribution in [0, 0.1) is 11.8 Å². The van der Waals surface area contributed by atoms with Crippen LogP contribution < -0.4 is 5.32 Å². The number of aliphatic hydroxyl groups is 1. The van der Waals surface area contributed by atoms with E-state index in [4.69, 9.17) is 5.11 Å². The lowest BCUT2D eigenvalue weighted by molar-refractivity contribution is 0.0943. The molecule has 0 bridgehead atoms. The van der Waals surface area contributed by atoms with Crippen LogP contribution in [0.25, 0.3) is 0 Å². The van der Waals surface area contributed by atoms with Crippen LogP contribution in [0.4, 0.5) is 0 Å². The molecule has 5 heteroatoms. The second-order valence-electron chi connectivity index (χ2n) is 4.16. The highest BCUT2D eigenvalue weighted by molar-refractivity contribution is 7.84. The number of nitrogens with one attached hydrogen (secondary N) is 1. The molecule has 1 aromatic rings. The first kappa shape index (κ1) is 15.4. The first-order chi connectivity index (χ1) is 9.02. The summed E-state index contributed by atoms with van der Waals surface area (Å²) in [7, 11) is -0.942. The van der Waals surface area contributed by atoms with Crippen molar-refractivity contribution in [1.82, 2.24) is 5.32 Å². The molecule has 0 saturated carbocycles. The molecule has 2 N–H and O–H groups in total. The Hall–Kier alpha value is -1.64. The van der Waals surface area contributed by atoms with Crippen molar-refractivity contribution in [1.29, 1.82) is 0 Å². The van der Waals surface area contributed by atoms with E-state index in [1.807, 2.05) is 6.92 Å². The Morgan fingerprint density at radius 1 is 1.53 bits per heavy atom. The lowest BCUT2D eigenvalue weighted by Crippen LogP contribution is -2.36. The lowest BCUT2D eigenvalue weighted by atomic mass is 10.1. The van der Waals surface area contributed by atoms with E-state index in [1.54, 1.807) is 30.5 Å². The van der Waals surface area contributed by atoms with Gasteiger partial charge in [-0.3, -0.25) is 9.00 Å². The standard InChI is InChI=1S/C14H17NO3S/c1-11(10-19(2)18)15-14(17)13-7-3-5-12(9-13)6-4-8-16/h3,5,7,9,11,16H,8,10H2,1-2H3,(H,15,17). The third kappa shape index (κ3) is 5.69. The number of carbonyl (C=O) groups excluding carboxylic acids is 1. The fourth-order valence-electron chi connectivity index (χ4n) is 1.58. The molecule has 0 radical (unpaired) electrons. The van der Waals surface area contributed by atoms with Crippen molar-refractivity contribution in [3.63, 3.8) is 0 Å². The molecule has 0 fully saturated rings. The van der Waals surface area contributed by atoms with E-state index in [0.717, 1.165) is 0 Å². The molecular formula is C14H17NO3S. The molecule has 1 amide bonds. The summed E-state index contributed by atoms with van der Waals surface area (Å²) in [6, 6.07) is 6.71. The Morgan fingerprint density at radius 2 is 2.26 bits per heavy atom. The summed E-state index contributed by atoms with van der Waals surface area (Å²) in [4.78, 5) is 12.0. The molecule has 0 aliphatic carbocycles. The van der Waals surface area contributed by atoms with Crippen LogP contribution in [0.1, 0.15) is 22.8 Å². The van der Waals surface area contributed by atoms with Gasteiger partial charge in [0, 0.05) is 40.0 Å². The van der Waals surface area contributed by atoms with Crippen molar-refractivity contribution in [3.8, 4) is 11.8 Å². The van der Waals surface area contributed by atoms with Crippen LogP contribution in [0.5, 0.6) is 0 Å². The van der Waals surface area contributed by atoms with Crippen LogP contribution in [0.3, 0.4) is 0 Å². The smallest absolute Gasteiger partial charge is 0.251 e. The van der Waals surface area contributed by atoms with Gasteiger partial charge in [0.1, 0.15) is 6.61 Å². The fraction of sp³-hybridized carbons (Fsp3) is 0.357. The van der Waals surface area contributed by atoms with Gasteiger partial charge in [0.2, 0.25) is 0 Å². The van der Waals surface area contributed by atoms with Gasteiger partial charge >= 0.3 is 0 Å². The topological polar surface area (TPSA) is 66.4 Å². The quantitative estimate of drug-likeness (QED) is 0.790. The summed E-state index contributed by atoms with van der Waals surface area (Å²) in [5, 5.41) is 11.4. The van der Waals surface area contributed by atoms with E-state index in [2.05, 4.69) is 17.2 Å². The third-order valence-corrected chi connectivity index (χ3v) is 3.27. The molecule has 0 heterocycles. The Labute approximate surface area is 115 Å². The highest BCUT2D eigenvalue weighted by Gasteiger charge is 2.10. The zero-order chi connectivity index (χ0) is 14.3. The monoisotopic (exact) mass is 279 g/mol. The van der Waals surface area contributed by atoms with E-state index in [0.29, 0.717) is 16.9 Å². The van der Waals surface area contributed by atoms with E-state index in [9.17, 15) is 9.00 Å². The molecule has 0 aliphatic heterocycles. The van der Waals surface area contributed by atoms with Crippen molar-refractivity contribution in [2.45, 2.75) is 13.0 Å². The number of aliphatic hydroxyl groups excluding tert-OH is 1. The maximum absolute atomic E-state index is 12.0. The maximum Gasteiger partial charge on any atom is 0.251 e. The van der Waals surface area contributed by atoms with Crippen molar-refractivity contribution in [2.24, 2.45) is 0 Å². The number of rotatable bonds is 4. The second-order valence-corrected chi connectivity index (χ2v) is 5.63.